The molecule has 4 aliphatic heterocycles. The van der Waals surface area contributed by atoms with E-state index in [4.69, 9.17) is 33.2 Å². The van der Waals surface area contributed by atoms with Crippen LogP contribution in [-0.2, 0) is 33.2 Å². The lowest BCUT2D eigenvalue weighted by Crippen LogP contribution is -2.68. The standard InChI is InChI=1S/C47H80O19/c1-42(2)26-10-14-45(6)27(15-21(49)29-20(9-13-46(29,45)7)47(8)16-22(50)38(59)43(3,4)66-47)44(26,5)12-11-28(42)64-41-37(65-40-36(58)33(55)31(53)24(17-48)62-40)34(56)32(54)25(63-41)19-61-39-35(57)30(52)23(51)18-60-39/h20-41,48-59H,9-19H2,1-8H3/t20-,21+,22-,23+,24+,25+,26-,27+,28-,29-,30-,31+,32+,33-,34-,35+,36+,37+,38+,39-,40-,41-,44-,45+,46+,47-/m0/s1. The molecule has 8 fully saturated rings. The van der Waals surface area contributed by atoms with Crippen LogP contribution in [0.4, 0.5) is 0 Å². The number of aliphatic hydroxyl groups excluding tert-OH is 12. The van der Waals surface area contributed by atoms with Gasteiger partial charge in [-0.15, -0.1) is 0 Å². The van der Waals surface area contributed by atoms with Crippen molar-refractivity contribution in [1.82, 2.24) is 0 Å². The molecule has 66 heavy (non-hydrogen) atoms. The van der Waals surface area contributed by atoms with E-state index in [1.165, 1.54) is 0 Å². The zero-order chi connectivity index (χ0) is 48.4. The first-order chi connectivity index (χ1) is 30.7. The van der Waals surface area contributed by atoms with Crippen LogP contribution in [0.15, 0.2) is 0 Å². The van der Waals surface area contributed by atoms with Gasteiger partial charge in [-0.25, -0.2) is 0 Å². The Kier molecular flexibility index (Phi) is 14.1. The summed E-state index contributed by atoms with van der Waals surface area (Å²) in [5, 5.41) is 130. The molecule has 12 N–H and O–H groups in total. The Morgan fingerprint density at radius 1 is 0.576 bits per heavy atom. The van der Waals surface area contributed by atoms with Gasteiger partial charge in [-0.1, -0.05) is 34.6 Å². The molecule has 382 valence electrons. The molecule has 0 spiro atoms. The monoisotopic (exact) mass is 949 g/mol. The fraction of sp³-hybridized carbons (Fsp3) is 1.00. The number of rotatable bonds is 9. The van der Waals surface area contributed by atoms with E-state index in [9.17, 15) is 61.3 Å². The van der Waals surface area contributed by atoms with Crippen LogP contribution in [0.1, 0.15) is 107 Å². The van der Waals surface area contributed by atoms with E-state index in [1.54, 1.807) is 0 Å². The zero-order valence-electron chi connectivity index (χ0n) is 39.7. The molecule has 19 nitrogen and oxygen atoms in total. The molecule has 0 bridgehead atoms. The van der Waals surface area contributed by atoms with Crippen molar-refractivity contribution in [2.24, 2.45) is 45.3 Å². The van der Waals surface area contributed by atoms with Crippen LogP contribution >= 0.6 is 0 Å². The smallest absolute Gasteiger partial charge is 0.187 e. The largest absolute Gasteiger partial charge is 0.394 e. The fourth-order valence-electron chi connectivity index (χ4n) is 15.5. The number of hydrogen-bond acceptors (Lipinski definition) is 19. The Morgan fingerprint density at radius 3 is 1.88 bits per heavy atom. The molecule has 0 amide bonds. The Morgan fingerprint density at radius 2 is 1.21 bits per heavy atom. The van der Waals surface area contributed by atoms with Gasteiger partial charge in [0.05, 0.1) is 49.3 Å². The van der Waals surface area contributed by atoms with Crippen molar-refractivity contribution in [2.45, 2.75) is 228 Å². The highest BCUT2D eigenvalue weighted by Gasteiger charge is 2.72. The molecule has 4 saturated heterocycles. The van der Waals surface area contributed by atoms with Crippen molar-refractivity contribution in [2.75, 3.05) is 19.8 Å². The Balaban J connectivity index is 1.03. The molecular weight excluding hydrogens is 868 g/mol. The molecule has 4 aliphatic carbocycles. The average molecular weight is 949 g/mol. The molecule has 19 heteroatoms. The predicted molar refractivity (Wildman–Crippen MR) is 228 cm³/mol. The summed E-state index contributed by atoms with van der Waals surface area (Å²) in [6.45, 7) is 15.5. The van der Waals surface area contributed by atoms with E-state index >= 15 is 0 Å². The van der Waals surface area contributed by atoms with Crippen molar-refractivity contribution < 1.29 is 94.4 Å². The van der Waals surface area contributed by atoms with Crippen molar-refractivity contribution in [1.29, 1.82) is 0 Å². The van der Waals surface area contributed by atoms with Crippen LogP contribution in [0.5, 0.6) is 0 Å². The highest BCUT2D eigenvalue weighted by molar-refractivity contribution is 5.21. The first-order valence-corrected chi connectivity index (χ1v) is 24.3. The lowest BCUT2D eigenvalue weighted by molar-refractivity contribution is -0.382. The third-order valence-electron chi connectivity index (χ3n) is 19.3. The van der Waals surface area contributed by atoms with E-state index in [0.29, 0.717) is 12.8 Å². The van der Waals surface area contributed by atoms with Gasteiger partial charge in [0.2, 0.25) is 0 Å². The predicted octanol–water partition coefficient (Wildman–Crippen LogP) is -1.21. The SMILES string of the molecule is CC1(C)O[C@](C)([C@H]2CC[C@]3(C)[C@@H]2[C@H](O)C[C@@H]2[C@@]4(C)CC[C@H](O[C@@H]5O[C@H](CO[C@@H]6OC[C@@H](O)[C@H](O)[C@H]6O)[C@@H](O)[C@H](O)[C@H]5O[C@@H]5O[C@H](CO)[C@@H](O)[C@H](O)[C@H]5O)C(C)(C)[C@@H]4CC[C@]23C)C[C@H](O)[C@H]1O. The summed E-state index contributed by atoms with van der Waals surface area (Å²) in [4.78, 5) is 0. The zero-order valence-corrected chi connectivity index (χ0v) is 39.7. The molecule has 0 aromatic rings. The maximum atomic E-state index is 12.5. The summed E-state index contributed by atoms with van der Waals surface area (Å²) in [5.74, 6) is 0.103. The van der Waals surface area contributed by atoms with Gasteiger partial charge in [0.1, 0.15) is 73.2 Å². The summed E-state index contributed by atoms with van der Waals surface area (Å²) >= 11 is 0. The molecule has 8 rings (SSSR count). The van der Waals surface area contributed by atoms with Gasteiger partial charge in [-0.3, -0.25) is 0 Å². The maximum Gasteiger partial charge on any atom is 0.187 e. The van der Waals surface area contributed by atoms with Gasteiger partial charge in [-0.2, -0.15) is 0 Å². The normalized spacial score (nSPS) is 57.1. The molecule has 0 radical (unpaired) electrons. The van der Waals surface area contributed by atoms with Crippen molar-refractivity contribution in [3.05, 3.63) is 0 Å². The topological polar surface area (TPSA) is 307 Å². The average Bonchev–Trinajstić information content (AvgIpc) is 3.64. The minimum Gasteiger partial charge on any atom is -0.394 e. The van der Waals surface area contributed by atoms with Gasteiger partial charge in [-0.05, 0) is 111 Å². The fourth-order valence-corrected chi connectivity index (χ4v) is 15.5. The van der Waals surface area contributed by atoms with E-state index in [-0.39, 0.29) is 52.9 Å². The van der Waals surface area contributed by atoms with Gasteiger partial charge in [0.25, 0.3) is 0 Å². The number of ether oxygens (including phenoxy) is 7. The number of fused-ring (bicyclic) bond motifs is 5. The van der Waals surface area contributed by atoms with Gasteiger partial charge < -0.3 is 94.4 Å². The lowest BCUT2D eigenvalue weighted by atomic mass is 9.35. The highest BCUT2D eigenvalue weighted by Crippen LogP contribution is 2.76. The second-order valence-electron chi connectivity index (χ2n) is 23.6. The van der Waals surface area contributed by atoms with Gasteiger partial charge in [0, 0.05) is 6.42 Å². The van der Waals surface area contributed by atoms with Crippen LogP contribution in [0.25, 0.3) is 0 Å². The molecular formula is C47H80O19. The van der Waals surface area contributed by atoms with E-state index in [0.717, 1.165) is 32.1 Å². The highest BCUT2D eigenvalue weighted by atomic mass is 16.8. The van der Waals surface area contributed by atoms with Crippen LogP contribution < -0.4 is 0 Å². The molecule has 4 heterocycles. The maximum absolute atomic E-state index is 12.5. The minimum absolute atomic E-state index is 0.0284. The van der Waals surface area contributed by atoms with Crippen molar-refractivity contribution in [3.8, 4) is 0 Å². The first kappa shape index (κ1) is 51.6. The third-order valence-corrected chi connectivity index (χ3v) is 19.3. The summed E-state index contributed by atoms with van der Waals surface area (Å²) in [7, 11) is 0. The lowest BCUT2D eigenvalue weighted by Gasteiger charge is -2.71. The molecule has 0 unspecified atom stereocenters. The van der Waals surface area contributed by atoms with Crippen LogP contribution in [0, 0.1) is 45.3 Å². The number of hydrogen-bond donors (Lipinski definition) is 12. The minimum atomic E-state index is -1.84. The van der Waals surface area contributed by atoms with E-state index in [1.807, 2.05) is 20.8 Å². The summed E-state index contributed by atoms with van der Waals surface area (Å²) in [6.07, 6.45) is -19.7. The molecule has 26 atom stereocenters. The summed E-state index contributed by atoms with van der Waals surface area (Å²) in [5.41, 5.74) is -2.92. The Bertz CT molecular complexity index is 1700. The van der Waals surface area contributed by atoms with Crippen molar-refractivity contribution >= 4 is 0 Å². The van der Waals surface area contributed by atoms with Crippen LogP contribution in [0.3, 0.4) is 0 Å². The second-order valence-corrected chi connectivity index (χ2v) is 23.6. The van der Waals surface area contributed by atoms with Crippen LogP contribution in [-0.4, -0.2) is 203 Å². The Hall–Kier alpha value is -0.760. The third kappa shape index (κ3) is 8.16. The van der Waals surface area contributed by atoms with E-state index in [2.05, 4.69) is 34.6 Å². The Labute approximate surface area is 387 Å². The van der Waals surface area contributed by atoms with Crippen LogP contribution in [0.2, 0.25) is 0 Å². The summed E-state index contributed by atoms with van der Waals surface area (Å²) in [6, 6.07) is 0. The van der Waals surface area contributed by atoms with E-state index < -0.39 is 140 Å². The summed E-state index contributed by atoms with van der Waals surface area (Å²) < 4.78 is 42.8. The molecule has 4 saturated carbocycles. The quantitative estimate of drug-likeness (QED) is 0.121. The van der Waals surface area contributed by atoms with Gasteiger partial charge >= 0.3 is 0 Å². The van der Waals surface area contributed by atoms with Gasteiger partial charge in [0.15, 0.2) is 18.9 Å². The first-order valence-electron chi connectivity index (χ1n) is 24.3. The molecule has 0 aromatic heterocycles. The number of aliphatic hydroxyl groups is 12. The molecule has 0 aromatic carbocycles. The second kappa shape index (κ2) is 18.1. The van der Waals surface area contributed by atoms with Crippen molar-refractivity contribution in [3.63, 3.8) is 0 Å². The molecule has 8 aliphatic rings.